The second-order valence-corrected chi connectivity index (χ2v) is 4.73. The number of aromatic nitrogens is 3. The summed E-state index contributed by atoms with van der Waals surface area (Å²) in [5, 5.41) is 23.8. The monoisotopic (exact) mass is 310 g/mol. The van der Waals surface area contributed by atoms with Gasteiger partial charge in [0.15, 0.2) is 0 Å². The van der Waals surface area contributed by atoms with Crippen molar-refractivity contribution in [2.24, 2.45) is 5.10 Å². The van der Waals surface area contributed by atoms with Crippen molar-refractivity contribution in [3.8, 4) is 17.2 Å². The number of aryl methyl sites for hydroxylation is 1. The number of hydrogen-bond acceptors (Lipinski definition) is 6. The molecule has 0 aliphatic heterocycles. The largest absolute Gasteiger partial charge is 0.854 e. The van der Waals surface area contributed by atoms with E-state index in [0.717, 1.165) is 5.56 Å². The lowest BCUT2D eigenvalue weighted by atomic mass is 10.2. The maximum absolute atomic E-state index is 12.1. The molecular weight excluding hydrogens is 296 g/mol. The van der Waals surface area contributed by atoms with Crippen LogP contribution >= 0.6 is 0 Å². The van der Waals surface area contributed by atoms with Gasteiger partial charge in [0, 0.05) is 19.1 Å². The molecule has 7 nitrogen and oxygen atoms in total. The van der Waals surface area contributed by atoms with Gasteiger partial charge in [0.2, 0.25) is 24.2 Å². The van der Waals surface area contributed by atoms with Crippen LogP contribution in [0.4, 0.5) is 0 Å². The Kier molecular flexibility index (Phi) is 4.01. The molecule has 0 aliphatic rings. The summed E-state index contributed by atoms with van der Waals surface area (Å²) >= 11 is 0. The first kappa shape index (κ1) is 14.7. The van der Waals surface area contributed by atoms with Crippen molar-refractivity contribution in [3.05, 3.63) is 60.2 Å². The summed E-state index contributed by atoms with van der Waals surface area (Å²) < 4.78 is 11.8. The Bertz CT molecular complexity index is 823. The molecule has 0 bridgehead atoms. The first-order valence-electron chi connectivity index (χ1n) is 6.88. The van der Waals surface area contributed by atoms with Crippen LogP contribution in [0.2, 0.25) is 0 Å². The summed E-state index contributed by atoms with van der Waals surface area (Å²) in [6, 6.07) is 10.3. The van der Waals surface area contributed by atoms with E-state index in [1.54, 1.807) is 62.8 Å². The summed E-state index contributed by atoms with van der Waals surface area (Å²) in [6.07, 6.45) is 3.30. The normalized spacial score (nSPS) is 11.5. The van der Waals surface area contributed by atoms with Crippen molar-refractivity contribution in [2.75, 3.05) is 7.11 Å². The average molecular weight is 310 g/mol. The Morgan fingerprint density at radius 2 is 1.83 bits per heavy atom. The Hall–Kier alpha value is -3.22. The summed E-state index contributed by atoms with van der Waals surface area (Å²) in [7, 11) is 1.57. The van der Waals surface area contributed by atoms with Crippen molar-refractivity contribution in [1.29, 1.82) is 0 Å². The maximum Gasteiger partial charge on any atom is 0.248 e. The van der Waals surface area contributed by atoms with Gasteiger partial charge in [0.25, 0.3) is 0 Å². The van der Waals surface area contributed by atoms with Gasteiger partial charge in [-0.2, -0.15) is 0 Å². The molecular formula is C16H14N4O3. The zero-order valence-corrected chi connectivity index (χ0v) is 12.6. The van der Waals surface area contributed by atoms with Gasteiger partial charge in [-0.1, -0.05) is 16.8 Å². The van der Waals surface area contributed by atoms with Gasteiger partial charge in [-0.3, -0.25) is 0 Å². The lowest BCUT2D eigenvalue weighted by molar-refractivity contribution is -0.681. The second-order valence-electron chi connectivity index (χ2n) is 4.73. The minimum Gasteiger partial charge on any atom is -0.854 e. The first-order valence-corrected chi connectivity index (χ1v) is 6.88. The van der Waals surface area contributed by atoms with E-state index in [0.29, 0.717) is 23.1 Å². The van der Waals surface area contributed by atoms with Crippen LogP contribution in [0.15, 0.2) is 58.3 Å². The number of nitrogens with zero attached hydrogens (tertiary/aromatic N) is 4. The Balaban J connectivity index is 1.81. The fourth-order valence-electron chi connectivity index (χ4n) is 1.94. The second kappa shape index (κ2) is 6.27. The molecule has 3 rings (SSSR count). The highest BCUT2D eigenvalue weighted by atomic mass is 16.5. The average Bonchev–Trinajstić information content (AvgIpc) is 3.02. The SMILES string of the molecule is COc1ccc(/C([O-])=N/[n+]2ccc(-c3nnc(C)o3)cc2)cc1. The van der Waals surface area contributed by atoms with Gasteiger partial charge in [-0.25, -0.2) is 0 Å². The van der Waals surface area contributed by atoms with Gasteiger partial charge < -0.3 is 14.3 Å². The fraction of sp³-hybridized carbons (Fsp3) is 0.125. The molecule has 0 spiro atoms. The molecule has 7 heteroatoms. The van der Waals surface area contributed by atoms with Gasteiger partial charge in [-0.15, -0.1) is 10.2 Å². The van der Waals surface area contributed by atoms with Crippen molar-refractivity contribution in [2.45, 2.75) is 6.92 Å². The van der Waals surface area contributed by atoms with Crippen LogP contribution in [-0.2, 0) is 0 Å². The Labute approximate surface area is 132 Å². The molecule has 0 N–H and O–H groups in total. The number of ether oxygens (including phenoxy) is 1. The molecule has 0 radical (unpaired) electrons. The van der Waals surface area contributed by atoms with Crippen LogP contribution < -0.4 is 14.5 Å². The first-order chi connectivity index (χ1) is 11.2. The molecule has 0 unspecified atom stereocenters. The molecule has 2 aromatic heterocycles. The van der Waals surface area contributed by atoms with Crippen LogP contribution in [0, 0.1) is 6.92 Å². The lowest BCUT2D eigenvalue weighted by Gasteiger charge is -2.07. The topological polar surface area (TPSA) is 87.5 Å². The van der Waals surface area contributed by atoms with Gasteiger partial charge >= 0.3 is 0 Å². The molecule has 1 aromatic carbocycles. The van der Waals surface area contributed by atoms with Crippen molar-refractivity contribution < 1.29 is 18.9 Å². The number of rotatable bonds is 4. The zero-order chi connectivity index (χ0) is 16.2. The molecule has 3 aromatic rings. The fourth-order valence-corrected chi connectivity index (χ4v) is 1.94. The molecule has 0 amide bonds. The van der Waals surface area contributed by atoms with E-state index < -0.39 is 0 Å². The van der Waals surface area contributed by atoms with E-state index in [1.807, 2.05) is 0 Å². The van der Waals surface area contributed by atoms with E-state index in [1.165, 1.54) is 4.68 Å². The Morgan fingerprint density at radius 1 is 1.13 bits per heavy atom. The molecule has 23 heavy (non-hydrogen) atoms. The number of hydrogen-bond donors (Lipinski definition) is 0. The number of benzene rings is 1. The summed E-state index contributed by atoms with van der Waals surface area (Å²) in [6.45, 7) is 1.72. The number of methoxy groups -OCH3 is 1. The zero-order valence-electron chi connectivity index (χ0n) is 12.6. The van der Waals surface area contributed by atoms with Crippen LogP contribution in [0.5, 0.6) is 5.75 Å². The third-order valence-electron chi connectivity index (χ3n) is 3.13. The maximum atomic E-state index is 12.1. The predicted molar refractivity (Wildman–Crippen MR) is 79.6 cm³/mol. The third-order valence-corrected chi connectivity index (χ3v) is 3.13. The summed E-state index contributed by atoms with van der Waals surface area (Å²) in [5.41, 5.74) is 1.24. The molecule has 0 aliphatic carbocycles. The van der Waals surface area contributed by atoms with E-state index >= 15 is 0 Å². The van der Waals surface area contributed by atoms with Crippen LogP contribution in [-0.4, -0.2) is 23.2 Å². The third kappa shape index (κ3) is 3.34. The van der Waals surface area contributed by atoms with Crippen molar-refractivity contribution in [3.63, 3.8) is 0 Å². The molecule has 0 saturated carbocycles. The summed E-state index contributed by atoms with van der Waals surface area (Å²) in [5.74, 6) is 1.26. The lowest BCUT2D eigenvalue weighted by Crippen LogP contribution is -2.33. The van der Waals surface area contributed by atoms with Gasteiger partial charge in [0.1, 0.15) is 5.75 Å². The standard InChI is InChI=1S/C16H14N4O3/c1-11-17-18-16(23-11)13-7-9-20(10-8-13)19-15(21)12-3-5-14(22-2)6-4-12/h3-10H,1-2H3. The van der Waals surface area contributed by atoms with Crippen molar-refractivity contribution >= 4 is 5.90 Å². The molecule has 116 valence electrons. The van der Waals surface area contributed by atoms with Gasteiger partial charge in [0.05, 0.1) is 18.6 Å². The highest BCUT2D eigenvalue weighted by molar-refractivity contribution is 5.90. The van der Waals surface area contributed by atoms with Gasteiger partial charge in [-0.05, 0) is 22.8 Å². The van der Waals surface area contributed by atoms with E-state index in [9.17, 15) is 5.11 Å². The van der Waals surface area contributed by atoms with Crippen LogP contribution in [0.3, 0.4) is 0 Å². The smallest absolute Gasteiger partial charge is 0.248 e. The van der Waals surface area contributed by atoms with Crippen molar-refractivity contribution in [1.82, 2.24) is 10.2 Å². The minimum absolute atomic E-state index is 0.348. The Morgan fingerprint density at radius 3 is 2.39 bits per heavy atom. The van der Waals surface area contributed by atoms with Crippen LogP contribution in [0.1, 0.15) is 11.5 Å². The molecule has 0 atom stereocenters. The predicted octanol–water partition coefficient (Wildman–Crippen LogP) is 0.911. The highest BCUT2D eigenvalue weighted by Gasteiger charge is 2.08. The summed E-state index contributed by atoms with van der Waals surface area (Å²) in [4.78, 5) is 0. The van der Waals surface area contributed by atoms with Crippen LogP contribution in [0.25, 0.3) is 11.5 Å². The van der Waals surface area contributed by atoms with E-state index in [2.05, 4.69) is 15.3 Å². The minimum atomic E-state index is -0.348. The van der Waals surface area contributed by atoms with E-state index in [4.69, 9.17) is 9.15 Å². The molecule has 0 fully saturated rings. The quantitative estimate of drug-likeness (QED) is 0.406. The number of pyridine rings is 1. The van der Waals surface area contributed by atoms with E-state index in [-0.39, 0.29) is 5.90 Å². The molecule has 2 heterocycles. The highest BCUT2D eigenvalue weighted by Crippen LogP contribution is 2.15. The molecule has 0 saturated heterocycles.